The van der Waals surface area contributed by atoms with E-state index in [1.54, 1.807) is 17.8 Å². The van der Waals surface area contributed by atoms with Gasteiger partial charge in [0.2, 0.25) is 0 Å². The van der Waals surface area contributed by atoms with Crippen LogP contribution < -0.4 is 4.74 Å². The Kier molecular flexibility index (Phi) is 3.90. The second-order valence-corrected chi connectivity index (χ2v) is 6.95. The molecule has 0 bridgehead atoms. The maximum atomic E-state index is 12.8. The van der Waals surface area contributed by atoms with Gasteiger partial charge in [0.05, 0.1) is 18.4 Å². The van der Waals surface area contributed by atoms with Crippen LogP contribution in [0.5, 0.6) is 5.75 Å². The van der Waals surface area contributed by atoms with Crippen LogP contribution in [0.2, 0.25) is 0 Å². The van der Waals surface area contributed by atoms with E-state index in [-0.39, 0.29) is 11.7 Å². The van der Waals surface area contributed by atoms with E-state index in [1.807, 2.05) is 54.6 Å². The summed E-state index contributed by atoms with van der Waals surface area (Å²) in [5, 5.41) is 4.50. The highest BCUT2D eigenvalue weighted by atomic mass is 16.5. The zero-order valence-electron chi connectivity index (χ0n) is 15.4. The lowest BCUT2D eigenvalue weighted by Crippen LogP contribution is -2.21. The van der Waals surface area contributed by atoms with E-state index >= 15 is 0 Å². The van der Waals surface area contributed by atoms with Crippen molar-refractivity contribution in [3.63, 3.8) is 0 Å². The lowest BCUT2D eigenvalue weighted by molar-refractivity contribution is 0.0962. The number of rotatable bonds is 3. The normalized spacial score (nSPS) is 16.2. The summed E-state index contributed by atoms with van der Waals surface area (Å²) < 4.78 is 6.83. The van der Waals surface area contributed by atoms with E-state index in [0.717, 1.165) is 22.6 Å². The van der Waals surface area contributed by atoms with Crippen molar-refractivity contribution in [1.29, 1.82) is 0 Å². The van der Waals surface area contributed by atoms with Crippen molar-refractivity contribution in [1.82, 2.24) is 19.6 Å². The van der Waals surface area contributed by atoms with Crippen LogP contribution in [-0.2, 0) is 6.42 Å². The van der Waals surface area contributed by atoms with Crippen LogP contribution in [0.25, 0.3) is 17.2 Å². The highest BCUT2D eigenvalue weighted by molar-refractivity contribution is 5.98. The number of benzene rings is 2. The summed E-state index contributed by atoms with van der Waals surface area (Å²) in [4.78, 5) is 22.0. The molecule has 5 rings (SSSR count). The SMILES string of the molecule is COc1ccc([C@H]2CC(=O)c3cn4nc(-c5ccccc5)nc4nc3C2)cc1. The molecular formula is C22H18N4O2. The van der Waals surface area contributed by atoms with Crippen LogP contribution in [0.15, 0.2) is 60.8 Å². The number of hydrogen-bond donors (Lipinski definition) is 0. The molecule has 0 aliphatic heterocycles. The molecular weight excluding hydrogens is 352 g/mol. The molecule has 1 aliphatic rings. The van der Waals surface area contributed by atoms with Crippen LogP contribution in [0, 0.1) is 0 Å². The molecule has 4 aromatic rings. The number of Topliss-reactive ketones (excluding diaryl/α,β-unsaturated/α-hetero) is 1. The molecule has 0 fully saturated rings. The summed E-state index contributed by atoms with van der Waals surface area (Å²) in [6, 6.07) is 17.7. The molecule has 28 heavy (non-hydrogen) atoms. The van der Waals surface area contributed by atoms with E-state index in [2.05, 4.69) is 15.1 Å². The van der Waals surface area contributed by atoms with Crippen molar-refractivity contribution in [2.45, 2.75) is 18.8 Å². The molecule has 0 spiro atoms. The zero-order chi connectivity index (χ0) is 19.1. The van der Waals surface area contributed by atoms with Gasteiger partial charge in [0.15, 0.2) is 11.6 Å². The third-order valence-corrected chi connectivity index (χ3v) is 5.20. The van der Waals surface area contributed by atoms with Crippen LogP contribution in [0.4, 0.5) is 0 Å². The van der Waals surface area contributed by atoms with Gasteiger partial charge in [0, 0.05) is 18.2 Å². The van der Waals surface area contributed by atoms with E-state index in [0.29, 0.717) is 30.0 Å². The third kappa shape index (κ3) is 2.83. The van der Waals surface area contributed by atoms with E-state index in [1.165, 1.54) is 0 Å². The molecule has 0 N–H and O–H groups in total. The van der Waals surface area contributed by atoms with Gasteiger partial charge in [-0.1, -0.05) is 42.5 Å². The smallest absolute Gasteiger partial charge is 0.252 e. The highest BCUT2D eigenvalue weighted by Crippen LogP contribution is 2.33. The van der Waals surface area contributed by atoms with Gasteiger partial charge >= 0.3 is 0 Å². The molecule has 2 aromatic heterocycles. The van der Waals surface area contributed by atoms with Gasteiger partial charge < -0.3 is 4.74 Å². The summed E-state index contributed by atoms with van der Waals surface area (Å²) in [5.41, 5.74) is 3.47. The van der Waals surface area contributed by atoms with Crippen LogP contribution in [-0.4, -0.2) is 32.5 Å². The number of methoxy groups -OCH3 is 1. The zero-order valence-corrected chi connectivity index (χ0v) is 15.4. The van der Waals surface area contributed by atoms with Gasteiger partial charge in [-0.05, 0) is 30.0 Å². The monoisotopic (exact) mass is 370 g/mol. The minimum atomic E-state index is 0.0910. The molecule has 2 heterocycles. The highest BCUT2D eigenvalue weighted by Gasteiger charge is 2.28. The first kappa shape index (κ1) is 16.6. The number of ketones is 1. The lowest BCUT2D eigenvalue weighted by Gasteiger charge is -2.23. The molecule has 138 valence electrons. The van der Waals surface area contributed by atoms with Gasteiger partial charge in [-0.15, -0.1) is 5.10 Å². The van der Waals surface area contributed by atoms with Gasteiger partial charge in [-0.2, -0.15) is 4.98 Å². The first-order valence-corrected chi connectivity index (χ1v) is 9.20. The summed E-state index contributed by atoms with van der Waals surface area (Å²) in [5.74, 6) is 2.13. The standard InChI is InChI=1S/C22H18N4O2/c1-28-17-9-7-14(8-10-17)16-11-19-18(20(27)12-16)13-26-22(23-19)24-21(25-26)15-5-3-2-4-6-15/h2-10,13,16H,11-12H2,1H3/t16-/m1/s1. The van der Waals surface area contributed by atoms with Crippen molar-refractivity contribution in [2.75, 3.05) is 7.11 Å². The Balaban J connectivity index is 1.52. The Morgan fingerprint density at radius 2 is 1.79 bits per heavy atom. The molecule has 0 saturated heterocycles. The Morgan fingerprint density at radius 3 is 2.54 bits per heavy atom. The Labute approximate surface area is 161 Å². The summed E-state index contributed by atoms with van der Waals surface area (Å²) >= 11 is 0. The van der Waals surface area contributed by atoms with Crippen molar-refractivity contribution < 1.29 is 9.53 Å². The molecule has 0 unspecified atom stereocenters. The quantitative estimate of drug-likeness (QED) is 0.550. The minimum absolute atomic E-state index is 0.0910. The van der Waals surface area contributed by atoms with Crippen molar-refractivity contribution >= 4 is 11.6 Å². The predicted molar refractivity (Wildman–Crippen MR) is 105 cm³/mol. The predicted octanol–water partition coefficient (Wildman–Crippen LogP) is 3.71. The first-order valence-electron chi connectivity index (χ1n) is 9.20. The number of carbonyl (C=O) groups excluding carboxylic acids is 1. The van der Waals surface area contributed by atoms with Crippen LogP contribution in [0.3, 0.4) is 0 Å². The first-order chi connectivity index (χ1) is 13.7. The van der Waals surface area contributed by atoms with Gasteiger partial charge in [-0.25, -0.2) is 9.50 Å². The van der Waals surface area contributed by atoms with E-state index < -0.39 is 0 Å². The topological polar surface area (TPSA) is 69.4 Å². The maximum absolute atomic E-state index is 12.8. The second-order valence-electron chi connectivity index (χ2n) is 6.95. The average Bonchev–Trinajstić information content (AvgIpc) is 3.16. The molecule has 0 radical (unpaired) electrons. The molecule has 1 atom stereocenters. The molecule has 1 aliphatic carbocycles. The van der Waals surface area contributed by atoms with Crippen molar-refractivity contribution in [2.24, 2.45) is 0 Å². The Morgan fingerprint density at radius 1 is 1.00 bits per heavy atom. The molecule has 2 aromatic carbocycles. The fourth-order valence-electron chi connectivity index (χ4n) is 3.70. The second kappa shape index (κ2) is 6.56. The van der Waals surface area contributed by atoms with Crippen molar-refractivity contribution in [3.05, 3.63) is 77.6 Å². The van der Waals surface area contributed by atoms with E-state index in [9.17, 15) is 4.79 Å². The number of carbonyl (C=O) groups is 1. The van der Waals surface area contributed by atoms with Gasteiger partial charge in [-0.3, -0.25) is 4.79 Å². The lowest BCUT2D eigenvalue weighted by atomic mass is 9.82. The number of aromatic nitrogens is 4. The number of ether oxygens (including phenoxy) is 1. The Bertz CT molecular complexity index is 1170. The fraction of sp³-hybridized carbons (Fsp3) is 0.182. The molecule has 0 saturated carbocycles. The van der Waals surface area contributed by atoms with Gasteiger partial charge in [0.25, 0.3) is 5.78 Å². The summed E-state index contributed by atoms with van der Waals surface area (Å²) in [6.45, 7) is 0. The molecule has 6 heteroatoms. The fourth-order valence-corrected chi connectivity index (χ4v) is 3.70. The van der Waals surface area contributed by atoms with E-state index in [4.69, 9.17) is 4.74 Å². The minimum Gasteiger partial charge on any atom is -0.497 e. The number of fused-ring (bicyclic) bond motifs is 2. The third-order valence-electron chi connectivity index (χ3n) is 5.20. The average molecular weight is 370 g/mol. The molecule has 0 amide bonds. The van der Waals surface area contributed by atoms with Crippen molar-refractivity contribution in [3.8, 4) is 17.1 Å². The summed E-state index contributed by atoms with van der Waals surface area (Å²) in [6.07, 6.45) is 2.94. The summed E-state index contributed by atoms with van der Waals surface area (Å²) in [7, 11) is 1.65. The van der Waals surface area contributed by atoms with Crippen LogP contribution in [0.1, 0.15) is 34.0 Å². The maximum Gasteiger partial charge on any atom is 0.252 e. The largest absolute Gasteiger partial charge is 0.497 e. The van der Waals surface area contributed by atoms with Gasteiger partial charge in [0.1, 0.15) is 5.75 Å². The Hall–Kier alpha value is -3.54. The number of hydrogen-bond acceptors (Lipinski definition) is 5. The number of nitrogens with zero attached hydrogens (tertiary/aromatic N) is 4. The molecule has 6 nitrogen and oxygen atoms in total. The van der Waals surface area contributed by atoms with Crippen LogP contribution >= 0.6 is 0 Å².